The van der Waals surface area contributed by atoms with Gasteiger partial charge in [0.1, 0.15) is 16.7 Å². The van der Waals surface area contributed by atoms with Crippen molar-refractivity contribution in [2.45, 2.75) is 4.90 Å². The highest BCUT2D eigenvalue weighted by molar-refractivity contribution is 9.10. The number of benzene rings is 1. The van der Waals surface area contributed by atoms with Gasteiger partial charge in [0.05, 0.1) is 15.2 Å². The Bertz CT molecular complexity index is 785. The summed E-state index contributed by atoms with van der Waals surface area (Å²) in [6, 6.07) is 9.30. The summed E-state index contributed by atoms with van der Waals surface area (Å²) in [4.78, 5) is 3.69. The van der Waals surface area contributed by atoms with Gasteiger partial charge in [-0.25, -0.2) is 13.4 Å². The summed E-state index contributed by atoms with van der Waals surface area (Å²) in [6.45, 7) is 0. The van der Waals surface area contributed by atoms with E-state index in [0.717, 1.165) is 6.20 Å². The van der Waals surface area contributed by atoms with E-state index in [9.17, 15) is 8.42 Å². The smallest absolute Gasteiger partial charge is 0.263 e. The molecule has 1 N–H and O–H groups in total. The number of sulfonamides is 1. The first-order valence-electron chi connectivity index (χ1n) is 5.27. The second kappa shape index (κ2) is 5.79. The summed E-state index contributed by atoms with van der Waals surface area (Å²) >= 11 is 9.11. The molecule has 0 saturated heterocycles. The Kier molecular flexibility index (Phi) is 4.28. The van der Waals surface area contributed by atoms with Gasteiger partial charge in [-0.05, 0) is 40.2 Å². The third-order valence-corrected chi connectivity index (χ3v) is 5.11. The van der Waals surface area contributed by atoms with Gasteiger partial charge in [-0.3, -0.25) is 4.72 Å². The molecule has 5 nitrogen and oxygen atoms in total. The fourth-order valence-corrected chi connectivity index (χ4v) is 3.08. The van der Waals surface area contributed by atoms with Crippen LogP contribution in [0.25, 0.3) is 0 Å². The van der Waals surface area contributed by atoms with Crippen molar-refractivity contribution in [2.75, 3.05) is 4.72 Å². The minimum absolute atomic E-state index is 0.0385. The monoisotopic (exact) mass is 371 g/mol. The Balaban J connectivity index is 2.36. The molecule has 2 aromatic rings. The molecule has 0 radical (unpaired) electrons. The van der Waals surface area contributed by atoms with Crippen LogP contribution in [-0.4, -0.2) is 13.4 Å². The summed E-state index contributed by atoms with van der Waals surface area (Å²) in [6.07, 6.45) is 1.12. The molecule has 0 saturated carbocycles. The molecule has 20 heavy (non-hydrogen) atoms. The fraction of sp³-hybridized carbons (Fsp3) is 0. The van der Waals surface area contributed by atoms with Crippen molar-refractivity contribution in [2.24, 2.45) is 0 Å². The van der Waals surface area contributed by atoms with Gasteiger partial charge in [0.25, 0.3) is 10.0 Å². The number of halogens is 2. The summed E-state index contributed by atoms with van der Waals surface area (Å²) in [5.74, 6) is 0. The quantitative estimate of drug-likeness (QED) is 0.897. The summed E-state index contributed by atoms with van der Waals surface area (Å²) < 4.78 is 27.2. The molecule has 102 valence electrons. The van der Waals surface area contributed by atoms with Gasteiger partial charge < -0.3 is 0 Å². The van der Waals surface area contributed by atoms with Crippen molar-refractivity contribution in [3.05, 3.63) is 51.7 Å². The fourth-order valence-electron chi connectivity index (χ4n) is 1.39. The largest absolute Gasteiger partial charge is 0.278 e. The van der Waals surface area contributed by atoms with E-state index < -0.39 is 10.0 Å². The zero-order chi connectivity index (χ0) is 14.8. The molecular weight excluding hydrogens is 366 g/mol. The van der Waals surface area contributed by atoms with Gasteiger partial charge in [0.2, 0.25) is 0 Å². The number of pyridine rings is 1. The van der Waals surface area contributed by atoms with E-state index in [1.165, 1.54) is 12.1 Å². The van der Waals surface area contributed by atoms with E-state index in [2.05, 4.69) is 25.6 Å². The number of anilines is 1. The normalized spacial score (nSPS) is 10.8. The average Bonchev–Trinajstić information content (AvgIpc) is 2.44. The molecule has 2 rings (SSSR count). The predicted molar refractivity (Wildman–Crippen MR) is 78.9 cm³/mol. The lowest BCUT2D eigenvalue weighted by Crippen LogP contribution is -2.13. The van der Waals surface area contributed by atoms with Gasteiger partial charge in [-0.15, -0.1) is 0 Å². The van der Waals surface area contributed by atoms with E-state index in [0.29, 0.717) is 15.2 Å². The molecule has 1 heterocycles. The molecule has 0 aliphatic carbocycles. The number of nitriles is 1. The van der Waals surface area contributed by atoms with Gasteiger partial charge in [0.15, 0.2) is 0 Å². The molecule has 0 unspecified atom stereocenters. The number of hydrogen-bond donors (Lipinski definition) is 1. The second-order valence-electron chi connectivity index (χ2n) is 3.70. The summed E-state index contributed by atoms with van der Waals surface area (Å²) in [5, 5.41) is 9.03. The molecule has 0 fully saturated rings. The first-order chi connectivity index (χ1) is 9.44. The molecule has 0 spiro atoms. The molecule has 0 aliphatic rings. The van der Waals surface area contributed by atoms with Gasteiger partial charge in [0, 0.05) is 6.20 Å². The van der Waals surface area contributed by atoms with Crippen LogP contribution in [0.2, 0.25) is 5.02 Å². The minimum Gasteiger partial charge on any atom is -0.278 e. The van der Waals surface area contributed by atoms with Crippen molar-refractivity contribution in [3.8, 4) is 6.07 Å². The van der Waals surface area contributed by atoms with Gasteiger partial charge in [-0.2, -0.15) is 5.26 Å². The van der Waals surface area contributed by atoms with Crippen LogP contribution in [-0.2, 0) is 10.0 Å². The van der Waals surface area contributed by atoms with Crippen molar-refractivity contribution >= 4 is 43.2 Å². The van der Waals surface area contributed by atoms with E-state index in [-0.39, 0.29) is 10.6 Å². The lowest BCUT2D eigenvalue weighted by Gasteiger charge is -2.10. The minimum atomic E-state index is -3.79. The predicted octanol–water partition coefficient (Wildman–Crippen LogP) is 3.17. The topological polar surface area (TPSA) is 82.8 Å². The van der Waals surface area contributed by atoms with E-state index in [1.807, 2.05) is 6.07 Å². The summed E-state index contributed by atoms with van der Waals surface area (Å²) in [7, 11) is -3.79. The highest BCUT2D eigenvalue weighted by Crippen LogP contribution is 2.31. The maximum atomic E-state index is 12.2. The number of nitrogens with one attached hydrogen (secondary N) is 1. The first-order valence-corrected chi connectivity index (χ1v) is 7.92. The SMILES string of the molecule is N#Cc1ccc(S(=O)(=O)Nc2cccc(Cl)c2Br)cn1. The van der Waals surface area contributed by atoms with Crippen LogP contribution in [0.1, 0.15) is 5.69 Å². The zero-order valence-electron chi connectivity index (χ0n) is 9.84. The van der Waals surface area contributed by atoms with Crippen LogP contribution in [0.15, 0.2) is 45.9 Å². The first kappa shape index (κ1) is 14.8. The standard InChI is InChI=1S/C12H7BrClN3O2S/c13-12-10(14)2-1-3-11(12)17-20(18,19)9-5-4-8(6-15)16-7-9/h1-5,7,17H. The van der Waals surface area contributed by atoms with Gasteiger partial charge >= 0.3 is 0 Å². The highest BCUT2D eigenvalue weighted by atomic mass is 79.9. The molecule has 0 aliphatic heterocycles. The molecule has 8 heteroatoms. The molecule has 0 bridgehead atoms. The Labute approximate surface area is 129 Å². The lowest BCUT2D eigenvalue weighted by atomic mass is 10.3. The van der Waals surface area contributed by atoms with Crippen molar-refractivity contribution in [3.63, 3.8) is 0 Å². The number of aromatic nitrogens is 1. The molecule has 1 aromatic carbocycles. The second-order valence-corrected chi connectivity index (χ2v) is 6.58. The van der Waals surface area contributed by atoms with Crippen molar-refractivity contribution in [1.82, 2.24) is 4.98 Å². The Morgan fingerprint density at radius 3 is 2.65 bits per heavy atom. The lowest BCUT2D eigenvalue weighted by molar-refractivity contribution is 0.601. The van der Waals surface area contributed by atoms with Gasteiger partial charge in [-0.1, -0.05) is 17.7 Å². The number of rotatable bonds is 3. The third kappa shape index (κ3) is 3.10. The van der Waals surface area contributed by atoms with Crippen molar-refractivity contribution < 1.29 is 8.42 Å². The maximum Gasteiger partial charge on any atom is 0.263 e. The van der Waals surface area contributed by atoms with Crippen LogP contribution in [0, 0.1) is 11.3 Å². The maximum absolute atomic E-state index is 12.2. The average molecular weight is 373 g/mol. The molecule has 0 amide bonds. The van der Waals surface area contributed by atoms with E-state index in [1.54, 1.807) is 18.2 Å². The Morgan fingerprint density at radius 2 is 2.05 bits per heavy atom. The molecular formula is C12H7BrClN3O2S. The Morgan fingerprint density at radius 1 is 1.30 bits per heavy atom. The molecule has 0 atom stereocenters. The van der Waals surface area contributed by atoms with Crippen molar-refractivity contribution in [1.29, 1.82) is 5.26 Å². The molecule has 1 aromatic heterocycles. The van der Waals surface area contributed by atoms with Crippen LogP contribution < -0.4 is 4.72 Å². The number of hydrogen-bond acceptors (Lipinski definition) is 4. The number of nitrogens with zero attached hydrogens (tertiary/aromatic N) is 2. The summed E-state index contributed by atoms with van der Waals surface area (Å²) in [5.41, 5.74) is 0.467. The zero-order valence-corrected chi connectivity index (χ0v) is 13.0. The Hall–Kier alpha value is -1.62. The third-order valence-electron chi connectivity index (χ3n) is 2.36. The van der Waals surface area contributed by atoms with Crippen LogP contribution >= 0.6 is 27.5 Å². The van der Waals surface area contributed by atoms with Crippen LogP contribution in [0.5, 0.6) is 0 Å². The van der Waals surface area contributed by atoms with E-state index >= 15 is 0 Å². The highest BCUT2D eigenvalue weighted by Gasteiger charge is 2.16. The van der Waals surface area contributed by atoms with Crippen LogP contribution in [0.4, 0.5) is 5.69 Å². The van der Waals surface area contributed by atoms with E-state index in [4.69, 9.17) is 16.9 Å². The van der Waals surface area contributed by atoms with Crippen LogP contribution in [0.3, 0.4) is 0 Å².